The lowest BCUT2D eigenvalue weighted by Gasteiger charge is -2.10. The molecular weight excluding hydrogens is 374 g/mol. The summed E-state index contributed by atoms with van der Waals surface area (Å²) >= 11 is 6.77. The van der Waals surface area contributed by atoms with Gasteiger partial charge in [0.1, 0.15) is 0 Å². The Labute approximate surface area is 127 Å². The summed E-state index contributed by atoms with van der Waals surface area (Å²) in [6, 6.07) is 7.23. The largest absolute Gasteiger partial charge is 0.398 e. The summed E-state index contributed by atoms with van der Waals surface area (Å²) in [5, 5.41) is 2.80. The molecule has 0 saturated carbocycles. The Morgan fingerprint density at radius 1 is 1.32 bits per heavy atom. The lowest BCUT2D eigenvalue weighted by Crippen LogP contribution is -2.15. The van der Waals surface area contributed by atoms with Crippen LogP contribution in [0.2, 0.25) is 0 Å². The van der Waals surface area contributed by atoms with Crippen LogP contribution in [0.15, 0.2) is 39.4 Å². The van der Waals surface area contributed by atoms with Crippen LogP contribution in [0, 0.1) is 6.92 Å². The predicted molar refractivity (Wildman–Crippen MR) is 83.2 cm³/mol. The molecule has 0 spiro atoms. The van der Waals surface area contributed by atoms with Gasteiger partial charge in [-0.05, 0) is 57.0 Å². The van der Waals surface area contributed by atoms with Gasteiger partial charge in [-0.1, -0.05) is 6.07 Å². The Morgan fingerprint density at radius 3 is 2.53 bits per heavy atom. The molecule has 1 aromatic carbocycles. The fourth-order valence-electron chi connectivity index (χ4n) is 1.57. The van der Waals surface area contributed by atoms with Crippen molar-refractivity contribution in [1.29, 1.82) is 0 Å². The monoisotopic (exact) mass is 383 g/mol. The van der Waals surface area contributed by atoms with Gasteiger partial charge in [0, 0.05) is 26.5 Å². The van der Waals surface area contributed by atoms with Gasteiger partial charge in [-0.2, -0.15) is 0 Å². The fraction of sp³-hybridized carbons (Fsp3) is 0.0769. The summed E-state index contributed by atoms with van der Waals surface area (Å²) < 4.78 is 1.57. The highest BCUT2D eigenvalue weighted by atomic mass is 79.9. The molecule has 0 radical (unpaired) electrons. The van der Waals surface area contributed by atoms with Gasteiger partial charge >= 0.3 is 0 Å². The Morgan fingerprint density at radius 2 is 1.95 bits per heavy atom. The zero-order chi connectivity index (χ0) is 14.0. The van der Waals surface area contributed by atoms with Crippen LogP contribution in [0.4, 0.5) is 11.4 Å². The van der Waals surface area contributed by atoms with Crippen molar-refractivity contribution in [3.63, 3.8) is 0 Å². The minimum atomic E-state index is -0.294. The molecule has 0 saturated heterocycles. The van der Waals surface area contributed by atoms with E-state index in [1.807, 2.05) is 25.1 Å². The van der Waals surface area contributed by atoms with E-state index in [1.165, 1.54) is 6.20 Å². The van der Waals surface area contributed by atoms with E-state index in [0.29, 0.717) is 16.9 Å². The number of amides is 1. The van der Waals surface area contributed by atoms with Crippen LogP contribution in [-0.2, 0) is 0 Å². The topological polar surface area (TPSA) is 68.0 Å². The average molecular weight is 385 g/mol. The molecule has 0 unspecified atom stereocenters. The van der Waals surface area contributed by atoms with Gasteiger partial charge in [0.2, 0.25) is 0 Å². The van der Waals surface area contributed by atoms with E-state index in [-0.39, 0.29) is 5.91 Å². The van der Waals surface area contributed by atoms with E-state index in [2.05, 4.69) is 42.2 Å². The van der Waals surface area contributed by atoms with Crippen LogP contribution in [0.1, 0.15) is 16.1 Å². The molecule has 98 valence electrons. The maximum atomic E-state index is 12.2. The molecular formula is C13H11Br2N3O. The summed E-state index contributed by atoms with van der Waals surface area (Å²) in [5.41, 5.74) is 8.03. The van der Waals surface area contributed by atoms with E-state index in [0.717, 1.165) is 14.6 Å². The first-order chi connectivity index (χ1) is 8.99. The first-order valence-electron chi connectivity index (χ1n) is 5.46. The number of carbonyl (C=O) groups is 1. The lowest BCUT2D eigenvalue weighted by molar-refractivity contribution is 0.102. The van der Waals surface area contributed by atoms with Crippen LogP contribution in [0.3, 0.4) is 0 Å². The van der Waals surface area contributed by atoms with Crippen LogP contribution < -0.4 is 11.1 Å². The Bertz CT molecular complexity index is 624. The average Bonchev–Trinajstić information content (AvgIpc) is 2.33. The highest BCUT2D eigenvalue weighted by Gasteiger charge is 2.13. The summed E-state index contributed by atoms with van der Waals surface area (Å²) in [5.74, 6) is -0.294. The number of hydrogen-bond donors (Lipinski definition) is 2. The number of pyridine rings is 1. The number of anilines is 2. The van der Waals surface area contributed by atoms with Gasteiger partial charge in [0.15, 0.2) is 0 Å². The third-order valence-electron chi connectivity index (χ3n) is 2.52. The molecule has 0 aliphatic rings. The Balaban J connectivity index is 2.31. The van der Waals surface area contributed by atoms with Gasteiger partial charge in [0.25, 0.3) is 5.91 Å². The molecule has 4 nitrogen and oxygen atoms in total. The van der Waals surface area contributed by atoms with Crippen LogP contribution >= 0.6 is 31.9 Å². The molecule has 0 fully saturated rings. The number of nitrogens with zero attached hydrogens (tertiary/aromatic N) is 1. The molecule has 2 aromatic rings. The third kappa shape index (κ3) is 3.13. The smallest absolute Gasteiger partial charge is 0.259 e. The number of carbonyl (C=O) groups excluding carboxylic acids is 1. The van der Waals surface area contributed by atoms with Crippen molar-refractivity contribution in [2.75, 3.05) is 11.1 Å². The summed E-state index contributed by atoms with van der Waals surface area (Å²) in [4.78, 5) is 16.3. The van der Waals surface area contributed by atoms with Gasteiger partial charge < -0.3 is 11.1 Å². The normalized spacial score (nSPS) is 10.3. The van der Waals surface area contributed by atoms with Crippen molar-refractivity contribution in [1.82, 2.24) is 4.98 Å². The molecule has 1 aromatic heterocycles. The molecule has 0 aliphatic carbocycles. The zero-order valence-electron chi connectivity index (χ0n) is 10.1. The summed E-state index contributed by atoms with van der Waals surface area (Å²) in [7, 11) is 0. The molecule has 0 aliphatic heterocycles. The number of halogens is 2. The Hall–Kier alpha value is -1.40. The van der Waals surface area contributed by atoms with Crippen molar-refractivity contribution in [3.05, 3.63) is 50.7 Å². The van der Waals surface area contributed by atoms with Gasteiger partial charge in [-0.25, -0.2) is 0 Å². The van der Waals surface area contributed by atoms with E-state index in [4.69, 9.17) is 5.73 Å². The summed E-state index contributed by atoms with van der Waals surface area (Å²) in [6.07, 6.45) is 1.48. The SMILES string of the molecule is Cc1cc(N)c(C(=O)Nc2c(Br)cccc2Br)cn1. The van der Waals surface area contributed by atoms with Crippen molar-refractivity contribution in [2.45, 2.75) is 6.92 Å². The van der Waals surface area contributed by atoms with Crippen LogP contribution in [0.5, 0.6) is 0 Å². The van der Waals surface area contributed by atoms with Crippen molar-refractivity contribution in [3.8, 4) is 0 Å². The highest BCUT2D eigenvalue weighted by Crippen LogP contribution is 2.31. The molecule has 19 heavy (non-hydrogen) atoms. The first kappa shape index (κ1) is 14.0. The minimum absolute atomic E-state index is 0.294. The van der Waals surface area contributed by atoms with Crippen molar-refractivity contribution >= 4 is 49.1 Å². The molecule has 1 amide bonds. The highest BCUT2D eigenvalue weighted by molar-refractivity contribution is 9.11. The molecule has 1 heterocycles. The second-order valence-corrected chi connectivity index (χ2v) is 5.67. The fourth-order valence-corrected chi connectivity index (χ4v) is 2.77. The number of hydrogen-bond acceptors (Lipinski definition) is 3. The predicted octanol–water partition coefficient (Wildman–Crippen LogP) is 3.75. The first-order valence-corrected chi connectivity index (χ1v) is 7.05. The van der Waals surface area contributed by atoms with E-state index >= 15 is 0 Å². The second-order valence-electron chi connectivity index (χ2n) is 3.96. The van der Waals surface area contributed by atoms with Crippen molar-refractivity contribution in [2.24, 2.45) is 0 Å². The van der Waals surface area contributed by atoms with Crippen LogP contribution in [-0.4, -0.2) is 10.9 Å². The minimum Gasteiger partial charge on any atom is -0.398 e. The number of nitrogens with one attached hydrogen (secondary N) is 1. The second kappa shape index (κ2) is 5.71. The van der Waals surface area contributed by atoms with Gasteiger partial charge in [-0.3, -0.25) is 9.78 Å². The third-order valence-corrected chi connectivity index (χ3v) is 3.84. The number of para-hydroxylation sites is 1. The standard InChI is InChI=1S/C13H11Br2N3O/c1-7-5-11(16)8(6-17-7)13(19)18-12-9(14)3-2-4-10(12)15/h2-6H,1H3,(H2,16,17)(H,18,19). The number of nitrogens with two attached hydrogens (primary N) is 1. The molecule has 0 atom stereocenters. The molecule has 3 N–H and O–H groups in total. The van der Waals surface area contributed by atoms with E-state index < -0.39 is 0 Å². The zero-order valence-corrected chi connectivity index (χ0v) is 13.2. The quantitative estimate of drug-likeness (QED) is 0.828. The maximum Gasteiger partial charge on any atom is 0.259 e. The van der Waals surface area contributed by atoms with Crippen LogP contribution in [0.25, 0.3) is 0 Å². The molecule has 0 bridgehead atoms. The maximum absolute atomic E-state index is 12.2. The Kier molecular flexibility index (Phi) is 4.21. The molecule has 2 rings (SSSR count). The molecule has 6 heteroatoms. The van der Waals surface area contributed by atoms with Crippen molar-refractivity contribution < 1.29 is 4.79 Å². The number of aryl methyl sites for hydroxylation is 1. The number of benzene rings is 1. The van der Waals surface area contributed by atoms with Gasteiger partial charge in [-0.15, -0.1) is 0 Å². The number of nitrogen functional groups attached to an aromatic ring is 1. The lowest BCUT2D eigenvalue weighted by atomic mass is 10.2. The van der Waals surface area contributed by atoms with Gasteiger partial charge in [0.05, 0.1) is 11.3 Å². The summed E-state index contributed by atoms with van der Waals surface area (Å²) in [6.45, 7) is 1.82. The number of aromatic nitrogens is 1. The number of rotatable bonds is 2. The van der Waals surface area contributed by atoms with E-state index in [1.54, 1.807) is 6.07 Å². The van der Waals surface area contributed by atoms with E-state index in [9.17, 15) is 4.79 Å².